The number of amides is 6. The van der Waals surface area contributed by atoms with E-state index in [0.29, 0.717) is 24.3 Å². The first-order valence-electron chi connectivity index (χ1n) is 24.8. The summed E-state index contributed by atoms with van der Waals surface area (Å²) in [5.74, 6) is -2.62. The minimum Gasteiger partial charge on any atom is -0.495 e. The molecule has 2 saturated heterocycles. The van der Waals surface area contributed by atoms with Gasteiger partial charge in [0.1, 0.15) is 60.0 Å². The molecule has 5 rings (SSSR count). The van der Waals surface area contributed by atoms with Crippen molar-refractivity contribution in [3.8, 4) is 5.75 Å². The number of nitrogens with zero attached hydrogens (tertiary/aromatic N) is 4. The van der Waals surface area contributed by atoms with E-state index in [1.165, 1.54) is 64.0 Å². The van der Waals surface area contributed by atoms with Crippen molar-refractivity contribution in [2.45, 2.75) is 133 Å². The highest BCUT2D eigenvalue weighted by molar-refractivity contribution is 9.08. The highest BCUT2D eigenvalue weighted by Gasteiger charge is 2.64. The number of rotatable bonds is 15. The summed E-state index contributed by atoms with van der Waals surface area (Å²) in [5.41, 5.74) is -1.24. The van der Waals surface area contributed by atoms with E-state index in [1.807, 2.05) is 19.1 Å². The molecule has 1 aromatic carbocycles. The Morgan fingerprint density at radius 2 is 1.76 bits per heavy atom. The number of methoxy groups -OCH3 is 2. The lowest BCUT2D eigenvalue weighted by atomic mass is 9.83. The van der Waals surface area contributed by atoms with Crippen molar-refractivity contribution in [3.05, 3.63) is 58.7 Å². The molecule has 3 N–H and O–H groups in total. The number of carbonyl (C=O) groups is 7. The van der Waals surface area contributed by atoms with Gasteiger partial charge in [0.2, 0.25) is 11.8 Å². The van der Waals surface area contributed by atoms with Gasteiger partial charge in [0.05, 0.1) is 37.8 Å². The number of anilines is 1. The summed E-state index contributed by atoms with van der Waals surface area (Å²) in [6.45, 7) is 6.32. The van der Waals surface area contributed by atoms with Crippen molar-refractivity contribution in [3.63, 3.8) is 0 Å². The minimum absolute atomic E-state index is 0.0523. The molecule has 2 unspecified atom stereocenters. The second-order valence-electron chi connectivity index (χ2n) is 19.5. The van der Waals surface area contributed by atoms with Crippen LogP contribution in [0.2, 0.25) is 5.02 Å². The summed E-state index contributed by atoms with van der Waals surface area (Å²) in [6.07, 6.45) is 4.04. The summed E-state index contributed by atoms with van der Waals surface area (Å²) in [5, 5.41) is 14.5. The van der Waals surface area contributed by atoms with Gasteiger partial charge in [-0.15, -0.1) is 0 Å². The number of alkyl carbamates (subject to hydrolysis) is 1. The molecule has 3 heterocycles. The van der Waals surface area contributed by atoms with E-state index in [0.717, 1.165) is 35.3 Å². The molecule has 6 amide bonds. The number of ether oxygens (including phenoxy) is 8. The molecule has 24 heteroatoms. The van der Waals surface area contributed by atoms with Crippen LogP contribution in [0.1, 0.15) is 78.2 Å². The van der Waals surface area contributed by atoms with Crippen LogP contribution >= 0.6 is 27.7 Å². The molecule has 3 aliphatic heterocycles. The Balaban J connectivity index is 1.23. The molecule has 4 aliphatic rings. The van der Waals surface area contributed by atoms with Gasteiger partial charge in [-0.3, -0.25) is 24.0 Å². The third-order valence-corrected chi connectivity index (χ3v) is 14.9. The molecule has 10 atom stereocenters. The minimum atomic E-state index is -1.89. The largest absolute Gasteiger partial charge is 0.495 e. The van der Waals surface area contributed by atoms with Gasteiger partial charge in [0.15, 0.2) is 5.72 Å². The fourth-order valence-electron chi connectivity index (χ4n) is 9.05. The van der Waals surface area contributed by atoms with Crippen molar-refractivity contribution < 1.29 is 76.6 Å². The van der Waals surface area contributed by atoms with Crippen molar-refractivity contribution >= 4 is 75.4 Å². The maximum absolute atomic E-state index is 14.4. The van der Waals surface area contributed by atoms with Crippen molar-refractivity contribution in [2.75, 3.05) is 73.6 Å². The number of aliphatic hydroxyl groups is 1. The second-order valence-corrected chi connectivity index (χ2v) is 20.3. The molecular weight excluding hydrogens is 1070 g/mol. The maximum atomic E-state index is 14.4. The van der Waals surface area contributed by atoms with Crippen LogP contribution in [0.25, 0.3) is 0 Å². The molecule has 22 nitrogen and oxygen atoms in total. The van der Waals surface area contributed by atoms with Crippen molar-refractivity contribution in [1.29, 1.82) is 0 Å². The Kier molecular flexibility index (Phi) is 21.8. The average Bonchev–Trinajstić information content (AvgIpc) is 4.07. The third-order valence-electron chi connectivity index (χ3n) is 14.0. The summed E-state index contributed by atoms with van der Waals surface area (Å²) < 4.78 is 48.5. The van der Waals surface area contributed by atoms with E-state index in [9.17, 15) is 38.7 Å². The van der Waals surface area contributed by atoms with Crippen LogP contribution in [-0.4, -0.2) is 184 Å². The number of likely N-dealkylation sites (N-methyl/N-ethyl adjacent to an activating group) is 3. The van der Waals surface area contributed by atoms with E-state index in [2.05, 4.69) is 25.8 Å². The first kappa shape index (κ1) is 60.4. The molecule has 4 bridgehead atoms. The van der Waals surface area contributed by atoms with Gasteiger partial charge in [-0.1, -0.05) is 54.8 Å². The number of epoxide rings is 1. The van der Waals surface area contributed by atoms with Crippen LogP contribution in [0, 0.1) is 5.92 Å². The summed E-state index contributed by atoms with van der Waals surface area (Å²) in [4.78, 5) is 97.7. The van der Waals surface area contributed by atoms with Gasteiger partial charge < -0.3 is 62.6 Å². The Morgan fingerprint density at radius 3 is 2.44 bits per heavy atom. The van der Waals surface area contributed by atoms with Crippen molar-refractivity contribution in [1.82, 2.24) is 24.4 Å². The molecule has 0 spiro atoms. The summed E-state index contributed by atoms with van der Waals surface area (Å²) in [7, 11) is 8.76. The number of fused-ring (bicyclic) bond motifs is 5. The lowest BCUT2D eigenvalue weighted by molar-refractivity contribution is -0.162. The monoisotopic (exact) mass is 1140 g/mol. The Hall–Kier alpha value is -5.46. The fourth-order valence-corrected chi connectivity index (χ4v) is 9.48. The molecule has 416 valence electrons. The Labute approximate surface area is 451 Å². The zero-order valence-corrected chi connectivity index (χ0v) is 46.6. The molecule has 2 fully saturated rings. The quantitative estimate of drug-likeness (QED) is 0.0658. The first-order chi connectivity index (χ1) is 35.5. The summed E-state index contributed by atoms with van der Waals surface area (Å²) in [6, 6.07) is 2.32. The lowest BCUT2D eigenvalue weighted by Gasteiger charge is -2.42. The number of nitrogens with one attached hydrogen (secondary N) is 2. The number of allylic oxidation sites excluding steroid dienone is 4. The van der Waals surface area contributed by atoms with Crippen LogP contribution in [0.3, 0.4) is 0 Å². The third kappa shape index (κ3) is 15.8. The number of halogens is 2. The molecule has 75 heavy (non-hydrogen) atoms. The fraction of sp³-hybridized carbons (Fsp3) is 0.627. The zero-order valence-electron chi connectivity index (χ0n) is 44.3. The Morgan fingerprint density at radius 1 is 1.05 bits per heavy atom. The molecule has 0 radical (unpaired) electrons. The standard InChI is InChI=1S/C51H72BrClN6O16/c1-30-16-15-19-39(69-10)51(67)28-38(72-47(64)54-51)31(2)45-50(4,75-45)40(27-43(62)59(8)34-25-33(24-30)26-37(68-9)44(34)53)74-46(63)32(3)58(7)42(61)20-23-70-48(65)56(5)21-22-57(6)49(66)73-36-18-14-12-11-13-17-35(36)71-29-41(60)55-52/h14-16,18-19,25-26,31-32,35-36,38-40,45,67H,11-13,17,20-24,27-29H2,1-10H3,(H,54,64)(H,55,60)/b18-14+,19-15+,30-16+/t31-,32+,35?,36?,38+,39-,40+,45+,50+,51+/m1/s1. The van der Waals surface area contributed by atoms with Gasteiger partial charge in [-0.25, -0.2) is 19.2 Å². The van der Waals surface area contributed by atoms with E-state index >= 15 is 0 Å². The average molecular weight is 1140 g/mol. The zero-order chi connectivity index (χ0) is 55.4. The van der Waals surface area contributed by atoms with Crippen LogP contribution in [0.5, 0.6) is 5.75 Å². The smallest absolute Gasteiger partial charge is 0.410 e. The Bertz CT molecular complexity index is 2340. The maximum Gasteiger partial charge on any atom is 0.410 e. The number of esters is 1. The summed E-state index contributed by atoms with van der Waals surface area (Å²) >= 11 is 9.69. The van der Waals surface area contributed by atoms with Crippen molar-refractivity contribution in [2.24, 2.45) is 5.92 Å². The van der Waals surface area contributed by atoms with Crippen LogP contribution < -0.4 is 19.3 Å². The predicted molar refractivity (Wildman–Crippen MR) is 277 cm³/mol. The van der Waals surface area contributed by atoms with Crippen LogP contribution in [-0.2, 0) is 58.8 Å². The molecule has 0 saturated carbocycles. The van der Waals surface area contributed by atoms with Crippen LogP contribution in [0.15, 0.2) is 48.1 Å². The van der Waals surface area contributed by atoms with E-state index in [1.54, 1.807) is 44.2 Å². The van der Waals surface area contributed by atoms with Gasteiger partial charge in [0.25, 0.3) is 5.91 Å². The van der Waals surface area contributed by atoms with Gasteiger partial charge in [0, 0.05) is 76.9 Å². The number of benzene rings is 1. The SMILES string of the molecule is COc1cc2cc(c1Cl)N(C)C(=O)C[C@H](OC(=O)[C@H](C)N(C)C(=O)CCOC(=O)N(C)CCN(C)C(=O)OC1/C=C/CCCCC1OCC(=O)NBr)[C@]1(C)O[C@H]1[C@H](C)[C@@H]1C[C@@](O)(NC(=O)O1)[C@H](OC)/C=C/C=C(\C)C2. The highest BCUT2D eigenvalue weighted by atomic mass is 79.9. The van der Waals surface area contributed by atoms with E-state index in [4.69, 9.17) is 49.5 Å². The van der Waals surface area contributed by atoms with E-state index < -0.39 is 102 Å². The van der Waals surface area contributed by atoms with Gasteiger partial charge in [-0.05, 0) is 70.2 Å². The molecule has 1 aromatic rings. The topological polar surface area (TPSA) is 254 Å². The van der Waals surface area contributed by atoms with Gasteiger partial charge >= 0.3 is 24.2 Å². The molecule has 0 aromatic heterocycles. The normalized spacial score (nSPS) is 28.9. The predicted octanol–water partition coefficient (Wildman–Crippen LogP) is 5.35. The number of carbonyl (C=O) groups excluding carboxylic acids is 7. The molecular formula is C51H72BrClN6O16. The van der Waals surface area contributed by atoms with Crippen LogP contribution in [0.4, 0.5) is 20.1 Å². The lowest BCUT2D eigenvalue weighted by Crippen LogP contribution is -2.63. The van der Waals surface area contributed by atoms with E-state index in [-0.39, 0.29) is 50.1 Å². The molecule has 1 aliphatic carbocycles. The first-order valence-corrected chi connectivity index (χ1v) is 26.0. The van der Waals surface area contributed by atoms with Gasteiger partial charge in [-0.2, -0.15) is 0 Å². The second kappa shape index (κ2) is 27.0. The number of hydrogen-bond acceptors (Lipinski definition) is 16. The highest BCUT2D eigenvalue weighted by Crippen LogP contribution is 2.49. The number of hydrogen-bond donors (Lipinski definition) is 3.